The minimum absolute atomic E-state index is 0.0862. The highest BCUT2D eigenvalue weighted by atomic mass is 32.1. The van der Waals surface area contributed by atoms with Crippen molar-refractivity contribution in [2.75, 3.05) is 5.01 Å². The third-order valence-corrected chi connectivity index (χ3v) is 7.72. The fourth-order valence-corrected chi connectivity index (χ4v) is 5.90. The van der Waals surface area contributed by atoms with Crippen LogP contribution >= 0.6 is 11.3 Å². The normalized spacial score (nSPS) is 18.0. The van der Waals surface area contributed by atoms with E-state index in [9.17, 15) is 19.7 Å². The van der Waals surface area contributed by atoms with Gasteiger partial charge in [-0.3, -0.25) is 19.7 Å². The summed E-state index contributed by atoms with van der Waals surface area (Å²) in [5, 5.41) is 19.6. The number of hydrogen-bond acceptors (Lipinski definition) is 7. The molecule has 2 heterocycles. The van der Waals surface area contributed by atoms with E-state index in [0.29, 0.717) is 22.5 Å². The van der Waals surface area contributed by atoms with Crippen molar-refractivity contribution in [1.82, 2.24) is 0 Å². The molecule has 8 heteroatoms. The van der Waals surface area contributed by atoms with Crippen molar-refractivity contribution in [1.29, 1.82) is 0 Å². The van der Waals surface area contributed by atoms with E-state index in [1.807, 2.05) is 48.7 Å². The zero-order valence-electron chi connectivity index (χ0n) is 19.1. The highest BCUT2D eigenvalue weighted by molar-refractivity contribution is 7.12. The highest BCUT2D eigenvalue weighted by Crippen LogP contribution is 2.52. The molecule has 1 atom stereocenters. The summed E-state index contributed by atoms with van der Waals surface area (Å²) in [6, 6.07) is 24.3. The first-order valence-electron chi connectivity index (χ1n) is 11.3. The number of thiophene rings is 1. The summed E-state index contributed by atoms with van der Waals surface area (Å²) in [6.45, 7) is 1.98. The van der Waals surface area contributed by atoms with Gasteiger partial charge in [-0.25, -0.2) is 5.01 Å². The van der Waals surface area contributed by atoms with Gasteiger partial charge in [-0.15, -0.1) is 11.3 Å². The van der Waals surface area contributed by atoms with Gasteiger partial charge in [-0.05, 0) is 36.1 Å². The summed E-state index contributed by atoms with van der Waals surface area (Å²) in [7, 11) is 0. The van der Waals surface area contributed by atoms with Gasteiger partial charge in [0.25, 0.3) is 5.69 Å². The number of nitro groups is 1. The predicted octanol–water partition coefficient (Wildman–Crippen LogP) is 5.79. The van der Waals surface area contributed by atoms with Crippen molar-refractivity contribution in [2.24, 2.45) is 5.10 Å². The molecule has 4 aromatic rings. The van der Waals surface area contributed by atoms with Gasteiger partial charge in [0.15, 0.2) is 11.6 Å². The van der Waals surface area contributed by atoms with Crippen LogP contribution in [-0.4, -0.2) is 27.7 Å². The maximum Gasteiger partial charge on any atom is 0.269 e. The van der Waals surface area contributed by atoms with E-state index >= 15 is 0 Å². The number of non-ortho nitro benzene ring substituents is 1. The second-order valence-corrected chi connectivity index (χ2v) is 9.81. The number of nitrogens with zero attached hydrogens (tertiary/aromatic N) is 3. The lowest BCUT2D eigenvalue weighted by atomic mass is 9.73. The number of hydrazone groups is 1. The topological polar surface area (TPSA) is 92.9 Å². The number of ketones is 2. The zero-order chi connectivity index (χ0) is 25.0. The molecule has 2 aliphatic rings. The summed E-state index contributed by atoms with van der Waals surface area (Å²) in [5.74, 6) is -1.34. The van der Waals surface area contributed by atoms with Crippen LogP contribution in [0.1, 0.15) is 42.6 Å². The largest absolute Gasteiger partial charge is 0.291 e. The monoisotopic (exact) mass is 493 g/mol. The van der Waals surface area contributed by atoms with Gasteiger partial charge >= 0.3 is 0 Å². The van der Waals surface area contributed by atoms with Gasteiger partial charge in [0.1, 0.15) is 0 Å². The summed E-state index contributed by atoms with van der Waals surface area (Å²) >= 11 is 1.48. The lowest BCUT2D eigenvalue weighted by Crippen LogP contribution is -2.57. The third-order valence-electron chi connectivity index (χ3n) is 6.83. The van der Waals surface area contributed by atoms with Gasteiger partial charge in [-0.1, -0.05) is 60.2 Å². The minimum atomic E-state index is -1.69. The molecule has 0 N–H and O–H groups in total. The molecule has 36 heavy (non-hydrogen) atoms. The maximum atomic E-state index is 14.3. The fraction of sp³-hybridized carbons (Fsp3) is 0.107. The Morgan fingerprint density at radius 1 is 0.889 bits per heavy atom. The molecule has 0 amide bonds. The Labute approximate surface area is 210 Å². The molecule has 0 saturated heterocycles. The van der Waals surface area contributed by atoms with Crippen LogP contribution in [0.3, 0.4) is 0 Å². The Bertz CT molecular complexity index is 1520. The van der Waals surface area contributed by atoms with Gasteiger partial charge in [0.2, 0.25) is 5.54 Å². The highest BCUT2D eigenvalue weighted by Gasteiger charge is 2.66. The molecule has 176 valence electrons. The van der Waals surface area contributed by atoms with Crippen molar-refractivity contribution in [3.63, 3.8) is 0 Å². The van der Waals surface area contributed by atoms with Crippen LogP contribution in [0.15, 0.2) is 95.4 Å². The van der Waals surface area contributed by atoms with Crippen molar-refractivity contribution in [2.45, 2.75) is 18.4 Å². The van der Waals surface area contributed by atoms with Gasteiger partial charge < -0.3 is 0 Å². The average molecular weight is 494 g/mol. The number of hydrogen-bond donors (Lipinski definition) is 0. The molecular formula is C28H19N3O4S. The van der Waals surface area contributed by atoms with Gasteiger partial charge in [0, 0.05) is 23.3 Å². The summed E-state index contributed by atoms with van der Waals surface area (Å²) in [4.78, 5) is 40.3. The molecule has 1 unspecified atom stereocenters. The van der Waals surface area contributed by atoms with Crippen LogP contribution in [0, 0.1) is 17.0 Å². The minimum Gasteiger partial charge on any atom is -0.291 e. The molecule has 1 aromatic heterocycles. The van der Waals surface area contributed by atoms with Gasteiger partial charge in [0.05, 0.1) is 27.1 Å². The molecule has 6 rings (SSSR count). The molecule has 1 aliphatic carbocycles. The van der Waals surface area contributed by atoms with Gasteiger partial charge in [-0.2, -0.15) is 5.10 Å². The van der Waals surface area contributed by atoms with E-state index < -0.39 is 16.4 Å². The molecule has 0 fully saturated rings. The van der Waals surface area contributed by atoms with Crippen molar-refractivity contribution in [3.05, 3.63) is 128 Å². The molecule has 0 radical (unpaired) electrons. The van der Waals surface area contributed by atoms with Crippen molar-refractivity contribution < 1.29 is 14.5 Å². The first-order valence-corrected chi connectivity index (χ1v) is 12.2. The molecule has 0 bridgehead atoms. The van der Waals surface area contributed by atoms with E-state index in [0.717, 1.165) is 16.0 Å². The summed E-state index contributed by atoms with van der Waals surface area (Å²) in [5.41, 5.74) is 1.83. The Hall–Kier alpha value is -4.43. The Balaban J connectivity index is 1.64. The van der Waals surface area contributed by atoms with E-state index in [1.54, 1.807) is 24.3 Å². The standard InChI is InChI=1S/C28H19N3O4S/c1-17-8-10-18(11-9-17)24-25(23-7-4-16-36-23)29-30(19-12-14-20(15-13-19)31(34)35)28(24)26(32)21-5-2-3-6-22(21)27(28)33/h2-16,24H,1H3. The molecule has 3 aromatic carbocycles. The lowest BCUT2D eigenvalue weighted by molar-refractivity contribution is -0.384. The smallest absolute Gasteiger partial charge is 0.269 e. The van der Waals surface area contributed by atoms with Crippen LogP contribution < -0.4 is 5.01 Å². The first kappa shape index (κ1) is 22.1. The number of carbonyl (C=O) groups is 2. The quantitative estimate of drug-likeness (QED) is 0.204. The molecule has 7 nitrogen and oxygen atoms in total. The van der Waals surface area contributed by atoms with Crippen molar-refractivity contribution >= 4 is 40.0 Å². The number of benzene rings is 3. The van der Waals surface area contributed by atoms with Crippen LogP contribution in [0.2, 0.25) is 0 Å². The summed E-state index contributed by atoms with van der Waals surface area (Å²) in [6.07, 6.45) is 0. The number of fused-ring (bicyclic) bond motifs is 1. The third kappa shape index (κ3) is 3.01. The molecular weight excluding hydrogens is 474 g/mol. The number of aryl methyl sites for hydroxylation is 1. The Morgan fingerprint density at radius 2 is 1.53 bits per heavy atom. The molecule has 1 aliphatic heterocycles. The number of Topliss-reactive ketones (excluding diaryl/α,β-unsaturated/α-hetero) is 2. The lowest BCUT2D eigenvalue weighted by Gasteiger charge is -2.36. The predicted molar refractivity (Wildman–Crippen MR) is 138 cm³/mol. The van der Waals surface area contributed by atoms with Crippen LogP contribution in [-0.2, 0) is 0 Å². The second-order valence-electron chi connectivity index (χ2n) is 8.86. The van der Waals surface area contributed by atoms with Crippen LogP contribution in [0.5, 0.6) is 0 Å². The van der Waals surface area contributed by atoms with Crippen LogP contribution in [0.4, 0.5) is 11.4 Å². The maximum absolute atomic E-state index is 14.3. The molecule has 1 spiro atoms. The van der Waals surface area contributed by atoms with Crippen molar-refractivity contribution in [3.8, 4) is 0 Å². The molecule has 0 saturated carbocycles. The number of carbonyl (C=O) groups excluding carboxylic acids is 2. The van der Waals surface area contributed by atoms with Crippen LogP contribution in [0.25, 0.3) is 0 Å². The Kier molecular flexibility index (Phi) is 4.94. The van der Waals surface area contributed by atoms with E-state index in [4.69, 9.17) is 5.10 Å². The number of rotatable bonds is 4. The Morgan fingerprint density at radius 3 is 2.08 bits per heavy atom. The first-order chi connectivity index (χ1) is 17.4. The summed E-state index contributed by atoms with van der Waals surface area (Å²) < 4.78 is 0. The second kappa shape index (κ2) is 8.07. The van der Waals surface area contributed by atoms with E-state index in [1.165, 1.54) is 40.6 Å². The zero-order valence-corrected chi connectivity index (χ0v) is 19.9. The number of anilines is 1. The van der Waals surface area contributed by atoms with E-state index in [-0.39, 0.29) is 17.3 Å². The fourth-order valence-electron chi connectivity index (χ4n) is 5.16. The van der Waals surface area contributed by atoms with E-state index in [2.05, 4.69) is 0 Å². The number of nitro benzene ring substituents is 1. The average Bonchev–Trinajstić information content (AvgIpc) is 3.60. The SMILES string of the molecule is Cc1ccc(C2C(c3cccs3)=NN(c3ccc([N+](=O)[O-])cc3)C23C(=O)c2ccccc2C3=O)cc1.